The van der Waals surface area contributed by atoms with Crippen LogP contribution < -0.4 is 10.1 Å². The number of amides is 2. The maximum atomic E-state index is 12.5. The number of rotatable bonds is 5. The molecule has 0 aliphatic carbocycles. The van der Waals surface area contributed by atoms with Crippen LogP contribution in [-0.2, 0) is 16.1 Å². The van der Waals surface area contributed by atoms with Crippen LogP contribution in [0.25, 0.3) is 0 Å². The zero-order valence-corrected chi connectivity index (χ0v) is 15.5. The highest BCUT2D eigenvalue weighted by Crippen LogP contribution is 2.25. The molecule has 1 heterocycles. The van der Waals surface area contributed by atoms with Gasteiger partial charge in [-0.25, -0.2) is 0 Å². The number of hydrogen-bond acceptors (Lipinski definition) is 3. The van der Waals surface area contributed by atoms with E-state index in [-0.39, 0.29) is 24.2 Å². The van der Waals surface area contributed by atoms with E-state index in [9.17, 15) is 9.59 Å². The van der Waals surface area contributed by atoms with E-state index >= 15 is 0 Å². The standard InChI is InChI=1S/C19H19BrN2O3/c1-25-15-8-6-13(7-9-15)11-22-12-14(10-18(22)23)19(24)21-17-5-3-2-4-16(17)20/h2-9,14H,10-12H2,1H3,(H,21,24). The molecule has 1 fully saturated rings. The summed E-state index contributed by atoms with van der Waals surface area (Å²) in [7, 11) is 1.62. The van der Waals surface area contributed by atoms with Gasteiger partial charge in [-0.3, -0.25) is 9.59 Å². The lowest BCUT2D eigenvalue weighted by Crippen LogP contribution is -2.28. The molecule has 1 aliphatic rings. The Hall–Kier alpha value is -2.34. The van der Waals surface area contributed by atoms with Gasteiger partial charge in [0.05, 0.1) is 18.7 Å². The van der Waals surface area contributed by atoms with Crippen LogP contribution in [0.1, 0.15) is 12.0 Å². The van der Waals surface area contributed by atoms with E-state index in [2.05, 4.69) is 21.2 Å². The molecule has 130 valence electrons. The summed E-state index contributed by atoms with van der Waals surface area (Å²) in [5.41, 5.74) is 1.73. The summed E-state index contributed by atoms with van der Waals surface area (Å²) >= 11 is 3.41. The van der Waals surface area contributed by atoms with Crippen LogP contribution in [0.15, 0.2) is 53.0 Å². The summed E-state index contributed by atoms with van der Waals surface area (Å²) in [6, 6.07) is 15.0. The first-order valence-electron chi connectivity index (χ1n) is 8.03. The van der Waals surface area contributed by atoms with E-state index in [0.29, 0.717) is 18.8 Å². The minimum absolute atomic E-state index is 0.00287. The third kappa shape index (κ3) is 4.20. The number of halogens is 1. The van der Waals surface area contributed by atoms with Crippen LogP contribution in [0, 0.1) is 5.92 Å². The second kappa shape index (κ2) is 7.70. The first-order chi connectivity index (χ1) is 12.1. The molecule has 0 bridgehead atoms. The highest BCUT2D eigenvalue weighted by Gasteiger charge is 2.34. The van der Waals surface area contributed by atoms with Crippen LogP contribution in [0.4, 0.5) is 5.69 Å². The molecule has 1 saturated heterocycles. The van der Waals surface area contributed by atoms with Crippen molar-refractivity contribution in [2.45, 2.75) is 13.0 Å². The third-order valence-electron chi connectivity index (χ3n) is 4.25. The zero-order chi connectivity index (χ0) is 17.8. The van der Waals surface area contributed by atoms with Crippen molar-refractivity contribution >= 4 is 33.4 Å². The van der Waals surface area contributed by atoms with Crippen LogP contribution in [-0.4, -0.2) is 30.4 Å². The maximum absolute atomic E-state index is 12.5. The minimum Gasteiger partial charge on any atom is -0.497 e. The van der Waals surface area contributed by atoms with Crippen LogP contribution >= 0.6 is 15.9 Å². The lowest BCUT2D eigenvalue weighted by atomic mass is 10.1. The van der Waals surface area contributed by atoms with E-state index < -0.39 is 0 Å². The number of ether oxygens (including phenoxy) is 1. The quantitative estimate of drug-likeness (QED) is 0.832. The normalized spacial score (nSPS) is 16.8. The highest BCUT2D eigenvalue weighted by molar-refractivity contribution is 9.10. The zero-order valence-electron chi connectivity index (χ0n) is 13.9. The molecule has 2 amide bonds. The van der Waals surface area contributed by atoms with Gasteiger partial charge in [-0.05, 0) is 45.8 Å². The number of carbonyl (C=O) groups excluding carboxylic acids is 2. The molecule has 1 N–H and O–H groups in total. The number of benzene rings is 2. The number of nitrogens with zero attached hydrogens (tertiary/aromatic N) is 1. The van der Waals surface area contributed by atoms with Gasteiger partial charge in [-0.15, -0.1) is 0 Å². The van der Waals surface area contributed by atoms with Gasteiger partial charge in [0.2, 0.25) is 11.8 Å². The number of anilines is 1. The molecule has 3 rings (SSSR count). The van der Waals surface area contributed by atoms with E-state index in [4.69, 9.17) is 4.74 Å². The number of likely N-dealkylation sites (tertiary alicyclic amines) is 1. The summed E-state index contributed by atoms with van der Waals surface area (Å²) in [6.45, 7) is 0.933. The molecule has 0 saturated carbocycles. The Balaban J connectivity index is 1.61. The van der Waals surface area contributed by atoms with E-state index in [1.807, 2.05) is 48.5 Å². The van der Waals surface area contributed by atoms with Crippen LogP contribution in [0.2, 0.25) is 0 Å². The number of hydrogen-bond donors (Lipinski definition) is 1. The molecule has 0 aromatic heterocycles. The molecule has 1 atom stereocenters. The SMILES string of the molecule is COc1ccc(CN2CC(C(=O)Nc3ccccc3Br)CC2=O)cc1. The summed E-state index contributed by atoms with van der Waals surface area (Å²) in [5.74, 6) is 0.320. The molecule has 5 nitrogen and oxygen atoms in total. The molecule has 0 spiro atoms. The van der Waals surface area contributed by atoms with Crippen molar-refractivity contribution in [3.05, 3.63) is 58.6 Å². The Morgan fingerprint density at radius 1 is 1.24 bits per heavy atom. The number of nitrogens with one attached hydrogen (secondary N) is 1. The molecular formula is C19H19BrN2O3. The third-order valence-corrected chi connectivity index (χ3v) is 4.94. The fraction of sp³-hybridized carbons (Fsp3) is 0.263. The van der Waals surface area contributed by atoms with Crippen molar-refractivity contribution in [3.8, 4) is 5.75 Å². The summed E-state index contributed by atoms with van der Waals surface area (Å²) in [4.78, 5) is 26.4. The molecule has 25 heavy (non-hydrogen) atoms. The topological polar surface area (TPSA) is 58.6 Å². The second-order valence-electron chi connectivity index (χ2n) is 5.99. The minimum atomic E-state index is -0.335. The number of methoxy groups -OCH3 is 1. The Morgan fingerprint density at radius 2 is 1.96 bits per heavy atom. The first kappa shape index (κ1) is 17.5. The van der Waals surface area contributed by atoms with Crippen molar-refractivity contribution in [2.75, 3.05) is 19.0 Å². The van der Waals surface area contributed by atoms with Crippen LogP contribution in [0.3, 0.4) is 0 Å². The average molecular weight is 403 g/mol. The number of carbonyl (C=O) groups is 2. The van der Waals surface area contributed by atoms with Crippen molar-refractivity contribution < 1.29 is 14.3 Å². The molecule has 1 unspecified atom stereocenters. The average Bonchev–Trinajstić information content (AvgIpc) is 2.98. The maximum Gasteiger partial charge on any atom is 0.229 e. The van der Waals surface area contributed by atoms with E-state index in [0.717, 1.165) is 15.8 Å². The molecule has 2 aromatic rings. The highest BCUT2D eigenvalue weighted by atomic mass is 79.9. The summed E-state index contributed by atoms with van der Waals surface area (Å²) < 4.78 is 5.96. The van der Waals surface area contributed by atoms with Gasteiger partial charge in [0.25, 0.3) is 0 Å². The smallest absolute Gasteiger partial charge is 0.229 e. The van der Waals surface area contributed by atoms with Gasteiger partial charge in [0.1, 0.15) is 5.75 Å². The van der Waals surface area contributed by atoms with Crippen LogP contribution in [0.5, 0.6) is 5.75 Å². The number of para-hydroxylation sites is 1. The Bertz CT molecular complexity index is 776. The Labute approximate surface area is 155 Å². The van der Waals surface area contributed by atoms with Gasteiger partial charge in [-0.1, -0.05) is 24.3 Å². The van der Waals surface area contributed by atoms with Crippen molar-refractivity contribution in [2.24, 2.45) is 5.92 Å². The monoisotopic (exact) mass is 402 g/mol. The van der Waals surface area contributed by atoms with Gasteiger partial charge < -0.3 is 15.0 Å². The lowest BCUT2D eigenvalue weighted by molar-refractivity contribution is -0.128. The first-order valence-corrected chi connectivity index (χ1v) is 8.82. The molecule has 6 heteroatoms. The fourth-order valence-electron chi connectivity index (χ4n) is 2.85. The summed E-state index contributed by atoms with van der Waals surface area (Å²) in [5, 5.41) is 2.89. The summed E-state index contributed by atoms with van der Waals surface area (Å²) in [6.07, 6.45) is 0.243. The fourth-order valence-corrected chi connectivity index (χ4v) is 3.23. The van der Waals surface area contributed by atoms with Gasteiger partial charge in [-0.2, -0.15) is 0 Å². The largest absolute Gasteiger partial charge is 0.497 e. The van der Waals surface area contributed by atoms with Gasteiger partial charge in [0, 0.05) is 24.0 Å². The molecule has 0 radical (unpaired) electrons. The van der Waals surface area contributed by atoms with E-state index in [1.165, 1.54) is 0 Å². The second-order valence-corrected chi connectivity index (χ2v) is 6.85. The van der Waals surface area contributed by atoms with Crippen molar-refractivity contribution in [1.29, 1.82) is 0 Å². The Morgan fingerprint density at radius 3 is 2.64 bits per heavy atom. The van der Waals surface area contributed by atoms with Crippen molar-refractivity contribution in [3.63, 3.8) is 0 Å². The Kier molecular flexibility index (Phi) is 5.38. The molecule has 2 aromatic carbocycles. The van der Waals surface area contributed by atoms with Gasteiger partial charge >= 0.3 is 0 Å². The van der Waals surface area contributed by atoms with E-state index in [1.54, 1.807) is 12.0 Å². The molecule has 1 aliphatic heterocycles. The van der Waals surface area contributed by atoms with Crippen molar-refractivity contribution in [1.82, 2.24) is 4.90 Å². The predicted molar refractivity (Wildman–Crippen MR) is 99.3 cm³/mol. The predicted octanol–water partition coefficient (Wildman–Crippen LogP) is 3.44. The molecular weight excluding hydrogens is 384 g/mol. The van der Waals surface area contributed by atoms with Gasteiger partial charge in [0.15, 0.2) is 0 Å². The lowest BCUT2D eigenvalue weighted by Gasteiger charge is -2.17.